The molecule has 0 unspecified atom stereocenters. The number of nitrogens with two attached hydrogens (primary N) is 1. The molecular weight excluding hydrogens is 541 g/mol. The number of piperidine rings is 1. The van der Waals surface area contributed by atoms with Crippen molar-refractivity contribution in [2.24, 2.45) is 11.7 Å². The number of alkyl halides is 3. The second kappa shape index (κ2) is 12.3. The molecule has 41 heavy (non-hydrogen) atoms. The van der Waals surface area contributed by atoms with E-state index in [1.165, 1.54) is 7.05 Å². The van der Waals surface area contributed by atoms with E-state index in [1.807, 2.05) is 0 Å². The fraction of sp³-hybridized carbons (Fsp3) is 0.519. The quantitative estimate of drug-likeness (QED) is 0.456. The lowest BCUT2D eigenvalue weighted by Crippen LogP contribution is -2.44. The molecule has 4 N–H and O–H groups in total. The number of carbonyl (C=O) groups excluding carboxylic acids is 3. The van der Waals surface area contributed by atoms with Gasteiger partial charge in [-0.3, -0.25) is 14.5 Å². The first-order chi connectivity index (χ1) is 19.3. The lowest BCUT2D eigenvalue weighted by atomic mass is 10.0. The average Bonchev–Trinajstić information content (AvgIpc) is 3.39. The highest BCUT2D eigenvalue weighted by Crippen LogP contribution is 2.37. The first-order valence-corrected chi connectivity index (χ1v) is 13.5. The van der Waals surface area contributed by atoms with Crippen molar-refractivity contribution in [2.75, 3.05) is 44.9 Å². The summed E-state index contributed by atoms with van der Waals surface area (Å²) in [6.07, 6.45) is -0.887. The van der Waals surface area contributed by atoms with Crippen LogP contribution in [0.4, 0.5) is 35.4 Å². The molecule has 1 aromatic heterocycles. The Balaban J connectivity index is 1.48. The van der Waals surface area contributed by atoms with Crippen LogP contribution in [0.15, 0.2) is 30.5 Å². The Morgan fingerprint density at radius 2 is 1.71 bits per heavy atom. The minimum atomic E-state index is -4.75. The second-order valence-corrected chi connectivity index (χ2v) is 10.6. The molecule has 2 aromatic rings. The number of amides is 4. The van der Waals surface area contributed by atoms with Crippen molar-refractivity contribution < 1.29 is 27.6 Å². The Morgan fingerprint density at radius 1 is 1.05 bits per heavy atom. The topological polar surface area (TPSA) is 137 Å². The summed E-state index contributed by atoms with van der Waals surface area (Å²) in [4.78, 5) is 49.8. The Kier molecular flexibility index (Phi) is 9.00. The van der Waals surface area contributed by atoms with Crippen LogP contribution >= 0.6 is 0 Å². The number of nitrogens with zero attached hydrogens (tertiary/aromatic N) is 5. The minimum Gasteiger partial charge on any atom is -0.366 e. The maximum atomic E-state index is 13.8. The Morgan fingerprint density at radius 3 is 2.32 bits per heavy atom. The molecule has 4 rings (SSSR count). The Bertz CT molecular complexity index is 1270. The van der Waals surface area contributed by atoms with Crippen molar-refractivity contribution in [1.82, 2.24) is 24.7 Å². The number of halogens is 3. The van der Waals surface area contributed by atoms with Crippen LogP contribution in [0, 0.1) is 5.92 Å². The van der Waals surface area contributed by atoms with Crippen molar-refractivity contribution in [1.29, 1.82) is 0 Å². The first kappa shape index (κ1) is 30.0. The monoisotopic (exact) mass is 576 g/mol. The number of rotatable bonds is 7. The van der Waals surface area contributed by atoms with Crippen molar-refractivity contribution in [2.45, 2.75) is 50.4 Å². The maximum Gasteiger partial charge on any atom is 0.421 e. The molecular formula is C27H35F3N8O3. The van der Waals surface area contributed by atoms with Gasteiger partial charge in [0.15, 0.2) is 0 Å². The van der Waals surface area contributed by atoms with Crippen molar-refractivity contribution in [3.8, 4) is 0 Å². The summed E-state index contributed by atoms with van der Waals surface area (Å²) in [5.41, 5.74) is 5.09. The highest BCUT2D eigenvalue weighted by Gasteiger charge is 2.40. The highest BCUT2D eigenvalue weighted by molar-refractivity contribution is 5.95. The average molecular weight is 577 g/mol. The predicted octanol–water partition coefficient (Wildman–Crippen LogP) is 3.52. The smallest absolute Gasteiger partial charge is 0.366 e. The summed E-state index contributed by atoms with van der Waals surface area (Å²) in [5.74, 6) is -1.99. The summed E-state index contributed by atoms with van der Waals surface area (Å²) in [5, 5.41) is 5.66. The number of benzene rings is 1. The van der Waals surface area contributed by atoms with Gasteiger partial charge >= 0.3 is 12.2 Å². The van der Waals surface area contributed by atoms with Crippen LogP contribution in [0.5, 0.6) is 0 Å². The number of likely N-dealkylation sites (tertiary alicyclic amines) is 1. The van der Waals surface area contributed by atoms with E-state index >= 15 is 0 Å². The molecule has 2 atom stereocenters. The molecule has 14 heteroatoms. The van der Waals surface area contributed by atoms with Crippen LogP contribution in [0.25, 0.3) is 0 Å². The first-order valence-electron chi connectivity index (χ1n) is 13.5. The summed E-state index contributed by atoms with van der Waals surface area (Å²) < 4.78 is 41.4. The zero-order valence-electron chi connectivity index (χ0n) is 23.2. The van der Waals surface area contributed by atoms with E-state index in [-0.39, 0.29) is 17.9 Å². The third-order valence-electron chi connectivity index (χ3n) is 7.85. The van der Waals surface area contributed by atoms with Gasteiger partial charge < -0.3 is 26.2 Å². The van der Waals surface area contributed by atoms with E-state index in [0.29, 0.717) is 36.7 Å². The predicted molar refractivity (Wildman–Crippen MR) is 146 cm³/mol. The summed E-state index contributed by atoms with van der Waals surface area (Å²) in [6.45, 7) is 1.86. The molecule has 1 aromatic carbocycles. The molecule has 0 bridgehead atoms. The maximum absolute atomic E-state index is 13.8. The summed E-state index contributed by atoms with van der Waals surface area (Å²) in [7, 11) is 5.09. The second-order valence-electron chi connectivity index (χ2n) is 10.6. The molecule has 222 valence electrons. The standard InChI is InChI=1S/C27H35F3N8O3/c1-36-13-11-18(12-14-36)37(2)23(39)16-7-9-17(10-8-16)33-26-32-15-20(27(28,29)30)22(35-26)34-21-6-4-5-19(21)24(40)38(3)25(31)41/h7-10,15,18-19,21H,4-6,11-14H2,1-3H3,(H2,31,41)(H2,32,33,34,35)/t19-,21+/m0/s1. The van der Waals surface area contributed by atoms with E-state index < -0.39 is 41.5 Å². The number of hydrogen-bond donors (Lipinski definition) is 3. The van der Waals surface area contributed by atoms with E-state index in [4.69, 9.17) is 5.73 Å². The van der Waals surface area contributed by atoms with Gasteiger partial charge in [-0.25, -0.2) is 9.78 Å². The van der Waals surface area contributed by atoms with Gasteiger partial charge in [0.25, 0.3) is 5.91 Å². The van der Waals surface area contributed by atoms with Crippen LogP contribution in [0.1, 0.15) is 48.0 Å². The van der Waals surface area contributed by atoms with Crippen LogP contribution in [0.3, 0.4) is 0 Å². The fourth-order valence-electron chi connectivity index (χ4n) is 5.30. The molecule has 1 saturated carbocycles. The minimum absolute atomic E-state index is 0.0989. The normalized spacial score (nSPS) is 20.0. The molecule has 2 aliphatic rings. The Hall–Kier alpha value is -3.94. The third-order valence-corrected chi connectivity index (χ3v) is 7.85. The Labute approximate surface area is 236 Å². The van der Waals surface area contributed by atoms with Gasteiger partial charge in [0.1, 0.15) is 11.4 Å². The number of nitrogens with one attached hydrogen (secondary N) is 2. The van der Waals surface area contributed by atoms with Crippen LogP contribution < -0.4 is 16.4 Å². The lowest BCUT2D eigenvalue weighted by Gasteiger charge is -2.35. The van der Waals surface area contributed by atoms with Crippen LogP contribution in [-0.2, 0) is 11.0 Å². The van der Waals surface area contributed by atoms with Gasteiger partial charge in [-0.05, 0) is 70.1 Å². The van der Waals surface area contributed by atoms with E-state index in [2.05, 4.69) is 32.5 Å². The van der Waals surface area contributed by atoms with Gasteiger partial charge in [0, 0.05) is 43.6 Å². The molecule has 11 nitrogen and oxygen atoms in total. The molecule has 2 fully saturated rings. The van der Waals surface area contributed by atoms with Crippen molar-refractivity contribution in [3.05, 3.63) is 41.6 Å². The number of primary amides is 1. The molecule has 1 aliphatic heterocycles. The van der Waals surface area contributed by atoms with Gasteiger partial charge in [-0.2, -0.15) is 18.2 Å². The number of aromatic nitrogens is 2. The lowest BCUT2D eigenvalue weighted by molar-refractivity contribution is -0.137. The molecule has 1 saturated heterocycles. The van der Waals surface area contributed by atoms with Gasteiger partial charge in [0.05, 0.1) is 5.92 Å². The van der Waals surface area contributed by atoms with E-state index in [9.17, 15) is 27.6 Å². The van der Waals surface area contributed by atoms with Crippen LogP contribution in [-0.4, -0.2) is 88.8 Å². The van der Waals surface area contributed by atoms with Gasteiger partial charge in [-0.15, -0.1) is 0 Å². The SMILES string of the molecule is CN1CCC(N(C)C(=O)c2ccc(Nc3ncc(C(F)(F)F)c(N[C@@H]4CCC[C@@H]4C(=O)N(C)C(N)=O)n3)cc2)CC1. The number of hydrogen-bond acceptors (Lipinski definition) is 8. The van der Waals surface area contributed by atoms with Crippen molar-refractivity contribution >= 4 is 35.3 Å². The fourth-order valence-corrected chi connectivity index (χ4v) is 5.30. The zero-order valence-corrected chi connectivity index (χ0v) is 23.2. The molecule has 2 heterocycles. The zero-order chi connectivity index (χ0) is 29.9. The van der Waals surface area contributed by atoms with E-state index in [1.54, 1.807) is 36.2 Å². The number of urea groups is 1. The van der Waals surface area contributed by atoms with Crippen molar-refractivity contribution in [3.63, 3.8) is 0 Å². The molecule has 0 spiro atoms. The summed E-state index contributed by atoms with van der Waals surface area (Å²) in [6, 6.07) is 5.09. The van der Waals surface area contributed by atoms with Crippen LogP contribution in [0.2, 0.25) is 0 Å². The number of imide groups is 1. The largest absolute Gasteiger partial charge is 0.421 e. The third kappa shape index (κ3) is 7.04. The van der Waals surface area contributed by atoms with Gasteiger partial charge in [-0.1, -0.05) is 6.42 Å². The molecule has 0 radical (unpaired) electrons. The highest BCUT2D eigenvalue weighted by atomic mass is 19.4. The number of carbonyl (C=O) groups is 3. The van der Waals surface area contributed by atoms with Gasteiger partial charge in [0.2, 0.25) is 11.9 Å². The molecule has 4 amide bonds. The van der Waals surface area contributed by atoms with E-state index in [0.717, 1.165) is 30.8 Å². The molecule has 1 aliphatic carbocycles. The number of anilines is 3. The summed E-state index contributed by atoms with van der Waals surface area (Å²) >= 11 is 0.